The molecule has 116 valence electrons. The first-order chi connectivity index (χ1) is 10.2. The summed E-state index contributed by atoms with van der Waals surface area (Å²) in [6, 6.07) is 0.516. The van der Waals surface area contributed by atoms with Crippen molar-refractivity contribution < 1.29 is 0 Å². The molecule has 1 fully saturated rings. The molecule has 0 aliphatic heterocycles. The summed E-state index contributed by atoms with van der Waals surface area (Å²) >= 11 is 6.20. The maximum atomic E-state index is 6.20. The Morgan fingerprint density at radius 2 is 2.05 bits per heavy atom. The molecular formula is C16H25ClN4. The van der Waals surface area contributed by atoms with Gasteiger partial charge in [0.1, 0.15) is 11.3 Å². The van der Waals surface area contributed by atoms with E-state index in [1.54, 1.807) is 0 Å². The highest BCUT2D eigenvalue weighted by molar-refractivity contribution is 6.16. The van der Waals surface area contributed by atoms with Crippen LogP contribution in [-0.2, 0) is 19.3 Å². The van der Waals surface area contributed by atoms with Gasteiger partial charge in [0, 0.05) is 13.1 Å². The normalized spacial score (nSPS) is 23.0. The molecule has 0 bridgehead atoms. The van der Waals surface area contributed by atoms with Gasteiger partial charge in [-0.1, -0.05) is 33.1 Å². The van der Waals surface area contributed by atoms with Crippen LogP contribution < -0.4 is 0 Å². The lowest BCUT2D eigenvalue weighted by atomic mass is 9.85. The molecule has 0 amide bonds. The fraction of sp³-hybridized carbons (Fsp3) is 0.750. The number of alkyl halides is 1. The smallest absolute Gasteiger partial charge is 0.158 e. The fourth-order valence-electron chi connectivity index (χ4n) is 3.78. The summed E-state index contributed by atoms with van der Waals surface area (Å²) in [5, 5.41) is 4.69. The van der Waals surface area contributed by atoms with Gasteiger partial charge in [-0.25, -0.2) is 4.98 Å². The Morgan fingerprint density at radius 1 is 1.29 bits per heavy atom. The van der Waals surface area contributed by atoms with Crippen molar-refractivity contribution >= 4 is 22.8 Å². The maximum absolute atomic E-state index is 6.20. The molecule has 0 N–H and O–H groups in total. The average molecular weight is 309 g/mol. The molecule has 5 heteroatoms. The third-order valence-corrected chi connectivity index (χ3v) is 5.05. The molecule has 4 nitrogen and oxygen atoms in total. The molecule has 2 atom stereocenters. The van der Waals surface area contributed by atoms with Crippen LogP contribution in [0, 0.1) is 5.92 Å². The van der Waals surface area contributed by atoms with Crippen LogP contribution in [0.4, 0.5) is 0 Å². The lowest BCUT2D eigenvalue weighted by molar-refractivity contribution is 0.256. The van der Waals surface area contributed by atoms with Crippen LogP contribution in [0.2, 0.25) is 0 Å². The van der Waals surface area contributed by atoms with Crippen molar-refractivity contribution in [3.63, 3.8) is 0 Å². The van der Waals surface area contributed by atoms with Crippen LogP contribution in [0.15, 0.2) is 0 Å². The Balaban J connectivity index is 2.15. The van der Waals surface area contributed by atoms with E-state index in [9.17, 15) is 0 Å². The summed E-state index contributed by atoms with van der Waals surface area (Å²) in [7, 11) is 2.03. The second kappa shape index (κ2) is 5.99. The minimum absolute atomic E-state index is 0.476. The number of imidazole rings is 1. The molecule has 2 aromatic rings. The maximum Gasteiger partial charge on any atom is 0.158 e. The molecule has 3 rings (SSSR count). The standard InChI is InChI=1S/C16H25ClN4/c1-4-7-12-15-16(20(3)19-12)21(14(10-17)18-15)13-9-6-5-8-11(13)2/h11,13H,4-10H2,1-3H3. The largest absolute Gasteiger partial charge is 0.309 e. The quantitative estimate of drug-likeness (QED) is 0.793. The molecular weight excluding hydrogens is 284 g/mol. The van der Waals surface area contributed by atoms with Gasteiger partial charge in [0.2, 0.25) is 0 Å². The summed E-state index contributed by atoms with van der Waals surface area (Å²) in [6.45, 7) is 4.54. The van der Waals surface area contributed by atoms with E-state index in [-0.39, 0.29) is 0 Å². The summed E-state index contributed by atoms with van der Waals surface area (Å²) in [6.07, 6.45) is 7.25. The zero-order valence-corrected chi connectivity index (χ0v) is 14.0. The molecule has 1 aliphatic carbocycles. The lowest BCUT2D eigenvalue weighted by Crippen LogP contribution is -2.23. The Bertz CT molecular complexity index is 628. The van der Waals surface area contributed by atoms with Crippen molar-refractivity contribution in [3.8, 4) is 0 Å². The zero-order valence-electron chi connectivity index (χ0n) is 13.3. The molecule has 0 spiro atoms. The van der Waals surface area contributed by atoms with Crippen LogP contribution in [0.1, 0.15) is 63.5 Å². The van der Waals surface area contributed by atoms with Crippen LogP contribution in [0.5, 0.6) is 0 Å². The molecule has 21 heavy (non-hydrogen) atoms. The number of rotatable bonds is 4. The first-order valence-electron chi connectivity index (χ1n) is 8.16. The second-order valence-corrected chi connectivity index (χ2v) is 6.62. The first kappa shape index (κ1) is 14.9. The summed E-state index contributed by atoms with van der Waals surface area (Å²) in [4.78, 5) is 4.83. The average Bonchev–Trinajstić information content (AvgIpc) is 2.99. The Hall–Kier alpha value is -1.03. The fourth-order valence-corrected chi connectivity index (χ4v) is 3.96. The molecule has 2 heterocycles. The highest BCUT2D eigenvalue weighted by Crippen LogP contribution is 2.37. The van der Waals surface area contributed by atoms with Crippen molar-refractivity contribution in [2.75, 3.05) is 0 Å². The molecule has 0 saturated heterocycles. The molecule has 2 unspecified atom stereocenters. The number of halogens is 1. The van der Waals surface area contributed by atoms with Gasteiger partial charge in [-0.2, -0.15) is 5.10 Å². The van der Waals surface area contributed by atoms with E-state index < -0.39 is 0 Å². The van der Waals surface area contributed by atoms with E-state index in [2.05, 4.69) is 23.5 Å². The molecule has 0 aromatic carbocycles. The van der Waals surface area contributed by atoms with E-state index >= 15 is 0 Å². The van der Waals surface area contributed by atoms with Gasteiger partial charge in [0.05, 0.1) is 11.6 Å². The number of hydrogen-bond acceptors (Lipinski definition) is 2. The van der Waals surface area contributed by atoms with E-state index in [1.807, 2.05) is 11.7 Å². The minimum atomic E-state index is 0.476. The number of hydrogen-bond donors (Lipinski definition) is 0. The van der Waals surface area contributed by atoms with Crippen LogP contribution >= 0.6 is 11.6 Å². The number of fused-ring (bicyclic) bond motifs is 1. The van der Waals surface area contributed by atoms with Crippen LogP contribution in [0.25, 0.3) is 11.2 Å². The number of aromatic nitrogens is 4. The van der Waals surface area contributed by atoms with Crippen LogP contribution in [0.3, 0.4) is 0 Å². The van der Waals surface area contributed by atoms with Crippen LogP contribution in [-0.4, -0.2) is 19.3 Å². The number of aryl methyl sites for hydroxylation is 2. The molecule has 2 aromatic heterocycles. The van der Waals surface area contributed by atoms with E-state index in [0.29, 0.717) is 17.8 Å². The SMILES string of the molecule is CCCc1nn(C)c2c1nc(CCl)n2C1CCCCC1C. The molecule has 0 radical (unpaired) electrons. The summed E-state index contributed by atoms with van der Waals surface area (Å²) in [5.41, 5.74) is 3.34. The Labute approximate surface area is 131 Å². The van der Waals surface area contributed by atoms with Crippen molar-refractivity contribution in [1.82, 2.24) is 19.3 Å². The van der Waals surface area contributed by atoms with Gasteiger partial charge < -0.3 is 4.57 Å². The predicted octanol–water partition coefficient (Wildman–Crippen LogP) is 4.21. The van der Waals surface area contributed by atoms with Gasteiger partial charge in [-0.3, -0.25) is 4.68 Å². The lowest BCUT2D eigenvalue weighted by Gasteiger charge is -2.31. The number of nitrogens with zero attached hydrogens (tertiary/aromatic N) is 4. The Kier molecular flexibility index (Phi) is 4.25. The molecule has 1 aliphatic rings. The van der Waals surface area contributed by atoms with Crippen molar-refractivity contribution in [3.05, 3.63) is 11.5 Å². The second-order valence-electron chi connectivity index (χ2n) is 6.35. The van der Waals surface area contributed by atoms with Gasteiger partial charge in [0.15, 0.2) is 5.65 Å². The van der Waals surface area contributed by atoms with Gasteiger partial charge >= 0.3 is 0 Å². The molecule has 1 saturated carbocycles. The summed E-state index contributed by atoms with van der Waals surface area (Å²) < 4.78 is 4.39. The third kappa shape index (κ3) is 2.48. The topological polar surface area (TPSA) is 35.6 Å². The van der Waals surface area contributed by atoms with Gasteiger partial charge in [-0.05, 0) is 25.2 Å². The van der Waals surface area contributed by atoms with E-state index in [0.717, 1.165) is 35.5 Å². The monoisotopic (exact) mass is 308 g/mol. The highest BCUT2D eigenvalue weighted by Gasteiger charge is 2.29. The third-order valence-electron chi connectivity index (χ3n) is 4.81. The first-order valence-corrected chi connectivity index (χ1v) is 8.69. The van der Waals surface area contributed by atoms with Gasteiger partial charge in [0.25, 0.3) is 0 Å². The minimum Gasteiger partial charge on any atom is -0.309 e. The van der Waals surface area contributed by atoms with Gasteiger partial charge in [-0.15, -0.1) is 11.6 Å². The predicted molar refractivity (Wildman–Crippen MR) is 86.7 cm³/mol. The van der Waals surface area contributed by atoms with Crippen molar-refractivity contribution in [2.45, 2.75) is 64.3 Å². The van der Waals surface area contributed by atoms with E-state index in [4.69, 9.17) is 16.6 Å². The van der Waals surface area contributed by atoms with Crippen molar-refractivity contribution in [2.24, 2.45) is 13.0 Å². The summed E-state index contributed by atoms with van der Waals surface area (Å²) in [5.74, 6) is 2.17. The zero-order chi connectivity index (χ0) is 15.0. The van der Waals surface area contributed by atoms with E-state index in [1.165, 1.54) is 25.7 Å². The highest BCUT2D eigenvalue weighted by atomic mass is 35.5. The Morgan fingerprint density at radius 3 is 2.71 bits per heavy atom. The van der Waals surface area contributed by atoms with Crippen molar-refractivity contribution in [1.29, 1.82) is 0 Å².